The fraction of sp³-hybridized carbons (Fsp3) is 0.294. The van der Waals surface area contributed by atoms with Crippen LogP contribution in [0.1, 0.15) is 5.56 Å². The molecule has 3 rings (SSSR count). The van der Waals surface area contributed by atoms with E-state index in [2.05, 4.69) is 52.7 Å². The van der Waals surface area contributed by atoms with Crippen LogP contribution in [0.4, 0.5) is 0 Å². The molecule has 0 N–H and O–H groups in total. The smallest absolute Gasteiger partial charge is 0.660 e. The number of nitrogens with zero attached hydrogens (tertiary/aromatic N) is 2. The molecule has 22 heavy (non-hydrogen) atoms. The second kappa shape index (κ2) is 17.6. The summed E-state index contributed by atoms with van der Waals surface area (Å²) in [6, 6.07) is 23.6. The average Bonchev–Trinajstić information content (AvgIpc) is 2.52. The normalized spacial score (nSPS) is 13.3. The first kappa shape index (κ1) is 26.0. The molecule has 1 radical (unpaired) electrons. The van der Waals surface area contributed by atoms with Crippen molar-refractivity contribution >= 4 is 0 Å². The van der Waals surface area contributed by atoms with Gasteiger partial charge in [-0.3, -0.25) is 24.3 Å². The van der Waals surface area contributed by atoms with Crippen LogP contribution in [0.25, 0.3) is 5.32 Å². The van der Waals surface area contributed by atoms with Crippen LogP contribution in [0, 0.1) is 12.1 Å². The van der Waals surface area contributed by atoms with Crippen molar-refractivity contribution in [3.05, 3.63) is 77.6 Å². The summed E-state index contributed by atoms with van der Waals surface area (Å²) in [6.07, 6.45) is 0. The Bertz CT molecular complexity index is 412. The van der Waals surface area contributed by atoms with Crippen molar-refractivity contribution in [3.8, 4) is 0 Å². The number of rotatable bonds is 2. The van der Waals surface area contributed by atoms with Gasteiger partial charge in [0.2, 0.25) is 0 Å². The first-order valence-corrected chi connectivity index (χ1v) is 6.67. The van der Waals surface area contributed by atoms with Crippen LogP contribution in [0.15, 0.2) is 54.6 Å². The summed E-state index contributed by atoms with van der Waals surface area (Å²) in [7, 11) is 0. The van der Waals surface area contributed by atoms with E-state index in [0.717, 1.165) is 32.7 Å². The first-order valence-electron chi connectivity index (χ1n) is 6.67. The number of hydrogen-bond donors (Lipinski definition) is 0. The van der Waals surface area contributed by atoms with Gasteiger partial charge >= 0.3 is 51.4 Å². The topological polar surface area (TPSA) is 17.3 Å². The molecule has 2 aromatic carbocycles. The van der Waals surface area contributed by atoms with Gasteiger partial charge in [0.25, 0.3) is 0 Å². The summed E-state index contributed by atoms with van der Waals surface area (Å²) in [5, 5.41) is 4.33. The second-order valence-electron chi connectivity index (χ2n) is 4.43. The maximum Gasteiger partial charge on any atom is 1.00 e. The summed E-state index contributed by atoms with van der Waals surface area (Å²) in [5.41, 5.74) is 1.41. The fourth-order valence-electron chi connectivity index (χ4n) is 1.95. The molecule has 0 amide bonds. The maximum atomic E-state index is 4.33. The Labute approximate surface area is 216 Å². The van der Waals surface area contributed by atoms with E-state index < -0.39 is 0 Å². The van der Waals surface area contributed by atoms with E-state index in [4.69, 9.17) is 0 Å². The largest absolute Gasteiger partial charge is 1.00 e. The van der Waals surface area contributed by atoms with Gasteiger partial charge < -0.3 is 22.3 Å². The second-order valence-corrected chi connectivity index (χ2v) is 4.43. The van der Waals surface area contributed by atoms with Gasteiger partial charge in [-0.15, -0.1) is 13.1 Å². The Morgan fingerprint density at radius 1 is 0.909 bits per heavy atom. The molecule has 5 heteroatoms. The molecular formula is C17H19KN2WY-2. The van der Waals surface area contributed by atoms with Crippen LogP contribution in [-0.2, 0) is 60.3 Å². The zero-order chi connectivity index (χ0) is 13.2. The molecule has 0 aliphatic carbocycles. The minimum absolute atomic E-state index is 0. The van der Waals surface area contributed by atoms with E-state index in [0.29, 0.717) is 0 Å². The van der Waals surface area contributed by atoms with Gasteiger partial charge in [0, 0.05) is 60.3 Å². The quantitative estimate of drug-likeness (QED) is 0.377. The fourth-order valence-corrected chi connectivity index (χ4v) is 1.95. The summed E-state index contributed by atoms with van der Waals surface area (Å²) >= 11 is 0. The molecule has 2 nitrogen and oxygen atoms in total. The monoisotopic (exact) mass is 563 g/mol. The van der Waals surface area contributed by atoms with Gasteiger partial charge in [-0.05, 0) is 18.7 Å². The van der Waals surface area contributed by atoms with E-state index in [1.807, 2.05) is 24.3 Å². The number of hydrogen-bond acceptors (Lipinski definition) is 1. The van der Waals surface area contributed by atoms with E-state index in [-0.39, 0.29) is 105 Å². The third kappa shape index (κ3) is 12.2. The third-order valence-corrected chi connectivity index (χ3v) is 2.95. The van der Waals surface area contributed by atoms with Gasteiger partial charge in [-0.2, -0.15) is 0 Å². The number of benzene rings is 2. The van der Waals surface area contributed by atoms with Crippen LogP contribution >= 0.6 is 0 Å². The van der Waals surface area contributed by atoms with Crippen molar-refractivity contribution in [2.75, 3.05) is 26.2 Å². The standard InChI is InChI=1S/C11H15N2.C6H4.K.W.Y/c1-2-4-11(5-3-1)10-13-8-6-12-7-9-13;1-2-4-6-5-3-1;;;/h1-5H,6-10H2;1-2,5-6H;;;/q-1;-2;+1;;. The first-order chi connectivity index (χ1) is 9.45. The summed E-state index contributed by atoms with van der Waals surface area (Å²) < 4.78 is 0. The van der Waals surface area contributed by atoms with Crippen molar-refractivity contribution < 1.29 is 105 Å². The van der Waals surface area contributed by atoms with Crippen LogP contribution in [0.3, 0.4) is 0 Å². The van der Waals surface area contributed by atoms with Gasteiger partial charge in [-0.25, -0.2) is 0 Å². The van der Waals surface area contributed by atoms with Gasteiger partial charge in [0.05, 0.1) is 0 Å². The molecule has 1 heterocycles. The van der Waals surface area contributed by atoms with E-state index in [1.165, 1.54) is 5.56 Å². The van der Waals surface area contributed by atoms with Gasteiger partial charge in [0.1, 0.15) is 0 Å². The molecule has 0 spiro atoms. The van der Waals surface area contributed by atoms with Crippen molar-refractivity contribution in [3.63, 3.8) is 0 Å². The van der Waals surface area contributed by atoms with Crippen molar-refractivity contribution in [2.45, 2.75) is 6.54 Å². The van der Waals surface area contributed by atoms with E-state index in [1.54, 1.807) is 0 Å². The SMILES string of the molecule is [K+].[W].[Y].[c-]1cc[c-]cc1.c1ccc(CN2CC[N-]CC2)cc1. The van der Waals surface area contributed by atoms with Crippen LogP contribution in [-0.4, -0.2) is 31.1 Å². The predicted octanol–water partition coefficient (Wildman–Crippen LogP) is 0.162. The summed E-state index contributed by atoms with van der Waals surface area (Å²) in [4.78, 5) is 2.46. The van der Waals surface area contributed by atoms with Crippen molar-refractivity contribution in [2.24, 2.45) is 0 Å². The summed E-state index contributed by atoms with van der Waals surface area (Å²) in [5.74, 6) is 0. The average molecular weight is 563 g/mol. The predicted molar refractivity (Wildman–Crippen MR) is 78.9 cm³/mol. The Kier molecular flexibility index (Phi) is 20.8. The minimum Gasteiger partial charge on any atom is -0.660 e. The molecule has 1 aliphatic heterocycles. The molecule has 0 saturated carbocycles. The van der Waals surface area contributed by atoms with E-state index in [9.17, 15) is 0 Å². The Morgan fingerprint density at radius 2 is 1.41 bits per heavy atom. The van der Waals surface area contributed by atoms with Crippen LogP contribution < -0.4 is 51.4 Å². The van der Waals surface area contributed by atoms with Crippen LogP contribution in [0.2, 0.25) is 0 Å². The number of piperazine rings is 1. The molecule has 1 saturated heterocycles. The Hall–Kier alpha value is 1.79. The van der Waals surface area contributed by atoms with Gasteiger partial charge in [0.15, 0.2) is 0 Å². The molecule has 0 atom stereocenters. The molecule has 1 fully saturated rings. The Morgan fingerprint density at radius 3 is 1.86 bits per heavy atom. The van der Waals surface area contributed by atoms with Crippen molar-refractivity contribution in [1.82, 2.24) is 4.90 Å². The third-order valence-electron chi connectivity index (χ3n) is 2.95. The molecule has 2 aromatic rings. The van der Waals surface area contributed by atoms with Crippen LogP contribution in [0.5, 0.6) is 0 Å². The minimum atomic E-state index is 0. The van der Waals surface area contributed by atoms with Gasteiger partial charge in [-0.1, -0.05) is 30.3 Å². The zero-order valence-corrected chi connectivity index (χ0v) is 22.0. The molecule has 109 valence electrons. The molecule has 1 aliphatic rings. The zero-order valence-electron chi connectivity index (χ0n) is 13.1. The Balaban J connectivity index is 0. The van der Waals surface area contributed by atoms with Crippen molar-refractivity contribution in [1.29, 1.82) is 0 Å². The molecule has 0 unspecified atom stereocenters. The molecule has 0 aromatic heterocycles. The molecular weight excluding hydrogens is 544 g/mol. The summed E-state index contributed by atoms with van der Waals surface area (Å²) in [6.45, 7) is 5.33. The van der Waals surface area contributed by atoms with E-state index >= 15 is 0 Å². The molecule has 0 bridgehead atoms. The maximum absolute atomic E-state index is 4.33.